The van der Waals surface area contributed by atoms with Crippen molar-refractivity contribution in [2.75, 3.05) is 19.7 Å². The molecule has 110 valence electrons. The molecule has 2 atom stereocenters. The molecule has 1 N–H and O–H groups in total. The number of amides is 1. The Bertz CT molecular complexity index is 463. The molecule has 0 saturated carbocycles. The third-order valence-corrected chi connectivity index (χ3v) is 3.87. The summed E-state index contributed by atoms with van der Waals surface area (Å²) in [5.74, 6) is -0.445. The zero-order valence-electron chi connectivity index (χ0n) is 11.9. The molecule has 0 aromatic heterocycles. The highest BCUT2D eigenvalue weighted by molar-refractivity contribution is 5.77. The lowest BCUT2D eigenvalue weighted by Crippen LogP contribution is -2.58. The summed E-state index contributed by atoms with van der Waals surface area (Å²) in [5.41, 5.74) is 1.06. The van der Waals surface area contributed by atoms with E-state index in [4.69, 9.17) is 5.11 Å². The molecular weight excluding hydrogens is 259 g/mol. The minimum atomic E-state index is -0.435. The second-order valence-electron chi connectivity index (χ2n) is 5.46. The number of hydrogen-bond donors (Lipinski definition) is 1. The maximum absolute atomic E-state index is 12.9. The fraction of sp³-hybridized carbons (Fsp3) is 0.533. The third-order valence-electron chi connectivity index (χ3n) is 3.87. The molecule has 4 nitrogen and oxygen atoms in total. The molecule has 20 heavy (non-hydrogen) atoms. The van der Waals surface area contributed by atoms with E-state index in [1.54, 1.807) is 17.0 Å². The first-order valence-corrected chi connectivity index (χ1v) is 6.90. The lowest BCUT2D eigenvalue weighted by Gasteiger charge is -2.44. The normalized spacial score (nSPS) is 23.9. The van der Waals surface area contributed by atoms with Gasteiger partial charge in [-0.05, 0) is 31.5 Å². The largest absolute Gasteiger partial charge is 0.387 e. The molecule has 1 fully saturated rings. The van der Waals surface area contributed by atoms with Gasteiger partial charge in [0.2, 0.25) is 5.91 Å². The number of benzene rings is 1. The van der Waals surface area contributed by atoms with E-state index in [1.807, 2.05) is 6.92 Å². The number of hydrogen-bond acceptors (Lipinski definition) is 3. The minimum absolute atomic E-state index is 0.0753. The van der Waals surface area contributed by atoms with Crippen LogP contribution in [0.2, 0.25) is 0 Å². The first-order valence-electron chi connectivity index (χ1n) is 6.90. The summed E-state index contributed by atoms with van der Waals surface area (Å²) in [4.78, 5) is 15.6. The van der Waals surface area contributed by atoms with E-state index in [0.717, 1.165) is 18.7 Å². The third kappa shape index (κ3) is 3.35. The molecule has 5 heteroatoms. The van der Waals surface area contributed by atoms with Gasteiger partial charge in [0.15, 0.2) is 0 Å². The van der Waals surface area contributed by atoms with Crippen molar-refractivity contribution in [2.45, 2.75) is 32.5 Å². The average molecular weight is 280 g/mol. The Kier molecular flexibility index (Phi) is 4.73. The van der Waals surface area contributed by atoms with E-state index in [2.05, 4.69) is 11.8 Å². The van der Waals surface area contributed by atoms with Crippen LogP contribution in [-0.4, -0.2) is 52.6 Å². The molecule has 2 rings (SSSR count). The number of carbonyl (C=O) groups is 1. The summed E-state index contributed by atoms with van der Waals surface area (Å²) in [6.45, 7) is 5.72. The molecular formula is C15H21FN2O2. The smallest absolute Gasteiger partial charge is 0.248 e. The lowest BCUT2D eigenvalue weighted by molar-refractivity contribution is -0.140. The van der Waals surface area contributed by atoms with Crippen LogP contribution in [0, 0.1) is 5.82 Å². The van der Waals surface area contributed by atoms with Gasteiger partial charge in [0.25, 0.3) is 0 Å². The van der Waals surface area contributed by atoms with Gasteiger partial charge >= 0.3 is 0 Å². The second-order valence-corrected chi connectivity index (χ2v) is 5.46. The Balaban J connectivity index is 2.01. The zero-order valence-corrected chi connectivity index (χ0v) is 11.9. The van der Waals surface area contributed by atoms with E-state index in [-0.39, 0.29) is 23.8 Å². The quantitative estimate of drug-likeness (QED) is 0.906. The van der Waals surface area contributed by atoms with Crippen molar-refractivity contribution in [2.24, 2.45) is 0 Å². The van der Waals surface area contributed by atoms with E-state index < -0.39 is 6.61 Å². The number of carbonyl (C=O) groups excluding carboxylic acids is 1. The Morgan fingerprint density at radius 3 is 2.50 bits per heavy atom. The Labute approximate surface area is 118 Å². The van der Waals surface area contributed by atoms with Gasteiger partial charge in [-0.25, -0.2) is 4.39 Å². The van der Waals surface area contributed by atoms with Crippen LogP contribution >= 0.6 is 0 Å². The number of rotatable bonds is 3. The average Bonchev–Trinajstić information content (AvgIpc) is 2.44. The van der Waals surface area contributed by atoms with Gasteiger partial charge in [-0.15, -0.1) is 0 Å². The van der Waals surface area contributed by atoms with Gasteiger partial charge in [0.1, 0.15) is 12.4 Å². The van der Waals surface area contributed by atoms with Gasteiger partial charge in [-0.2, -0.15) is 0 Å². The molecule has 0 aliphatic carbocycles. The molecule has 2 unspecified atom stereocenters. The molecule has 1 aromatic carbocycles. The van der Waals surface area contributed by atoms with Crippen molar-refractivity contribution >= 4 is 5.91 Å². The number of halogens is 1. The van der Waals surface area contributed by atoms with Crippen LogP contribution in [0.4, 0.5) is 4.39 Å². The lowest BCUT2D eigenvalue weighted by atomic mass is 10.1. The standard InChI is InChI=1S/C15H21FN2O2/c1-11-8-18(15(20)10-19)12(2)7-17(11)9-13-3-5-14(16)6-4-13/h3-6,11-12,19H,7-10H2,1-2H3. The van der Waals surface area contributed by atoms with E-state index in [1.165, 1.54) is 12.1 Å². The topological polar surface area (TPSA) is 43.8 Å². The predicted molar refractivity (Wildman–Crippen MR) is 74.5 cm³/mol. The molecule has 1 heterocycles. The van der Waals surface area contributed by atoms with Gasteiger partial charge in [0, 0.05) is 31.7 Å². The highest BCUT2D eigenvalue weighted by atomic mass is 19.1. The second kappa shape index (κ2) is 6.33. The molecule has 1 aliphatic rings. The molecule has 1 saturated heterocycles. The fourth-order valence-corrected chi connectivity index (χ4v) is 2.68. The van der Waals surface area contributed by atoms with Crippen molar-refractivity contribution < 1.29 is 14.3 Å². The summed E-state index contributed by atoms with van der Waals surface area (Å²) in [5, 5.41) is 8.98. The zero-order chi connectivity index (χ0) is 14.7. The van der Waals surface area contributed by atoms with Crippen LogP contribution in [0.25, 0.3) is 0 Å². The number of aliphatic hydroxyl groups excluding tert-OH is 1. The fourth-order valence-electron chi connectivity index (χ4n) is 2.68. The molecule has 1 amide bonds. The molecule has 0 spiro atoms. The maximum Gasteiger partial charge on any atom is 0.248 e. The first kappa shape index (κ1) is 14.9. The van der Waals surface area contributed by atoms with Crippen LogP contribution in [0.15, 0.2) is 24.3 Å². The summed E-state index contributed by atoms with van der Waals surface area (Å²) in [6.07, 6.45) is 0. The highest BCUT2D eigenvalue weighted by Gasteiger charge is 2.31. The van der Waals surface area contributed by atoms with Crippen molar-refractivity contribution in [1.82, 2.24) is 9.80 Å². The monoisotopic (exact) mass is 280 g/mol. The summed E-state index contributed by atoms with van der Waals surface area (Å²) in [7, 11) is 0. The summed E-state index contributed by atoms with van der Waals surface area (Å²) >= 11 is 0. The molecule has 1 aromatic rings. The summed E-state index contributed by atoms with van der Waals surface area (Å²) in [6, 6.07) is 6.80. The Morgan fingerprint density at radius 1 is 1.25 bits per heavy atom. The van der Waals surface area contributed by atoms with Gasteiger partial charge in [-0.3, -0.25) is 9.69 Å². The van der Waals surface area contributed by atoms with Gasteiger partial charge < -0.3 is 10.0 Å². The van der Waals surface area contributed by atoms with Crippen molar-refractivity contribution in [3.05, 3.63) is 35.6 Å². The SMILES string of the molecule is CC1CN(C(=O)CO)C(C)CN1Cc1ccc(F)cc1. The van der Waals surface area contributed by atoms with Crippen LogP contribution in [-0.2, 0) is 11.3 Å². The highest BCUT2D eigenvalue weighted by Crippen LogP contribution is 2.18. The number of aliphatic hydroxyl groups is 1. The van der Waals surface area contributed by atoms with Crippen LogP contribution in [0.5, 0.6) is 0 Å². The maximum atomic E-state index is 12.9. The Hall–Kier alpha value is -1.46. The van der Waals surface area contributed by atoms with Gasteiger partial charge in [-0.1, -0.05) is 12.1 Å². The van der Waals surface area contributed by atoms with Crippen molar-refractivity contribution in [1.29, 1.82) is 0 Å². The predicted octanol–water partition coefficient (Wildman–Crippen LogP) is 1.24. The van der Waals surface area contributed by atoms with Crippen LogP contribution in [0.1, 0.15) is 19.4 Å². The molecule has 0 radical (unpaired) electrons. The molecule has 1 aliphatic heterocycles. The first-order chi connectivity index (χ1) is 9.51. The Morgan fingerprint density at radius 2 is 1.90 bits per heavy atom. The van der Waals surface area contributed by atoms with E-state index in [0.29, 0.717) is 6.54 Å². The van der Waals surface area contributed by atoms with Crippen molar-refractivity contribution in [3.8, 4) is 0 Å². The van der Waals surface area contributed by atoms with Crippen molar-refractivity contribution in [3.63, 3.8) is 0 Å². The summed E-state index contributed by atoms with van der Waals surface area (Å²) < 4.78 is 12.9. The molecule has 0 bridgehead atoms. The number of nitrogens with zero attached hydrogens (tertiary/aromatic N) is 2. The number of piperazine rings is 1. The minimum Gasteiger partial charge on any atom is -0.387 e. The van der Waals surface area contributed by atoms with Gasteiger partial charge in [0.05, 0.1) is 0 Å². The van der Waals surface area contributed by atoms with E-state index in [9.17, 15) is 9.18 Å². The van der Waals surface area contributed by atoms with Crippen LogP contribution in [0.3, 0.4) is 0 Å². The van der Waals surface area contributed by atoms with E-state index >= 15 is 0 Å². The van der Waals surface area contributed by atoms with Crippen LogP contribution < -0.4 is 0 Å².